The van der Waals surface area contributed by atoms with Gasteiger partial charge in [0.2, 0.25) is 11.7 Å². The molecule has 0 amide bonds. The molecule has 1 aliphatic rings. The Morgan fingerprint density at radius 1 is 1.23 bits per heavy atom. The molecule has 2 aromatic carbocycles. The lowest BCUT2D eigenvalue weighted by molar-refractivity contribution is 0.0373. The molecule has 1 unspecified atom stereocenters. The van der Waals surface area contributed by atoms with Crippen LogP contribution in [0.5, 0.6) is 5.75 Å². The van der Waals surface area contributed by atoms with Crippen LogP contribution in [-0.2, 0) is 4.74 Å². The fourth-order valence-corrected chi connectivity index (χ4v) is 3.53. The van der Waals surface area contributed by atoms with Gasteiger partial charge in [-0.15, -0.1) is 0 Å². The molecule has 3 aromatic rings. The van der Waals surface area contributed by atoms with Gasteiger partial charge < -0.3 is 14.3 Å². The third-order valence-electron chi connectivity index (χ3n) is 3.87. The molecule has 4 rings (SSSR count). The Labute approximate surface area is 152 Å². The molecule has 0 aliphatic carbocycles. The minimum Gasteiger partial charge on any atom is -0.508 e. The minimum atomic E-state index is -0.655. The highest BCUT2D eigenvalue weighted by Gasteiger charge is 2.25. The number of nitrogens with zero attached hydrogens (tertiary/aromatic N) is 1. The molecular weight excluding hydrogens is 354 g/mol. The van der Waals surface area contributed by atoms with Gasteiger partial charge in [-0.1, -0.05) is 30.0 Å². The van der Waals surface area contributed by atoms with E-state index in [2.05, 4.69) is 4.99 Å². The lowest BCUT2D eigenvalue weighted by atomic mass is 10.2. The van der Waals surface area contributed by atoms with Crippen molar-refractivity contribution in [1.82, 2.24) is 0 Å². The van der Waals surface area contributed by atoms with E-state index in [1.807, 2.05) is 6.07 Å². The Balaban J connectivity index is 1.59. The average molecular weight is 367 g/mol. The number of aliphatic imine (C=N–C) groups is 1. The standard InChI is InChI=1S/C19H13NO5S/c21-12-6-7-13-15(8-12)24-9-14(17(13)22)18-20-16(10-26-18)25-19(23)11-4-2-1-3-5-11/h1-9,16,21H,10H2. The molecule has 1 N–H and O–H groups in total. The van der Waals surface area contributed by atoms with Crippen LogP contribution in [0.25, 0.3) is 11.0 Å². The molecule has 26 heavy (non-hydrogen) atoms. The van der Waals surface area contributed by atoms with Gasteiger partial charge in [0, 0.05) is 6.07 Å². The molecular formula is C19H13NO5S. The van der Waals surface area contributed by atoms with Crippen LogP contribution in [0.3, 0.4) is 0 Å². The van der Waals surface area contributed by atoms with Crippen molar-refractivity contribution >= 4 is 33.7 Å². The highest BCUT2D eigenvalue weighted by molar-refractivity contribution is 8.14. The Bertz CT molecular complexity index is 1070. The van der Waals surface area contributed by atoms with Crippen molar-refractivity contribution in [3.05, 3.63) is 76.1 Å². The number of carbonyl (C=O) groups is 1. The summed E-state index contributed by atoms with van der Waals surface area (Å²) in [5.74, 6) is -0.00266. The number of phenolic OH excluding ortho intramolecular Hbond substituents is 1. The van der Waals surface area contributed by atoms with Crippen LogP contribution in [0.1, 0.15) is 15.9 Å². The summed E-state index contributed by atoms with van der Waals surface area (Å²) in [6.07, 6.45) is 0.662. The zero-order chi connectivity index (χ0) is 18.1. The second-order valence-corrected chi connectivity index (χ2v) is 6.64. The van der Waals surface area contributed by atoms with Gasteiger partial charge in [-0.25, -0.2) is 9.79 Å². The largest absolute Gasteiger partial charge is 0.508 e. The zero-order valence-electron chi connectivity index (χ0n) is 13.4. The summed E-state index contributed by atoms with van der Waals surface area (Å²) < 4.78 is 10.8. The summed E-state index contributed by atoms with van der Waals surface area (Å²) >= 11 is 1.33. The molecule has 0 saturated carbocycles. The lowest BCUT2D eigenvalue weighted by Gasteiger charge is -2.07. The molecule has 0 radical (unpaired) electrons. The fourth-order valence-electron chi connectivity index (χ4n) is 2.59. The van der Waals surface area contributed by atoms with Gasteiger partial charge >= 0.3 is 5.97 Å². The maximum Gasteiger partial charge on any atom is 0.340 e. The maximum absolute atomic E-state index is 12.6. The number of hydrogen-bond donors (Lipinski definition) is 1. The molecule has 0 fully saturated rings. The predicted octanol–water partition coefficient (Wildman–Crippen LogP) is 3.18. The number of aromatic hydroxyl groups is 1. The smallest absolute Gasteiger partial charge is 0.340 e. The number of rotatable bonds is 3. The molecule has 1 aliphatic heterocycles. The molecule has 1 atom stereocenters. The molecule has 130 valence electrons. The SMILES string of the molecule is O=C(OC1CSC(c2coc3cc(O)ccc3c2=O)=N1)c1ccccc1. The first kappa shape index (κ1) is 16.4. The summed E-state index contributed by atoms with van der Waals surface area (Å²) in [6.45, 7) is 0. The van der Waals surface area contributed by atoms with Crippen molar-refractivity contribution in [3.63, 3.8) is 0 Å². The van der Waals surface area contributed by atoms with Gasteiger partial charge in [0.25, 0.3) is 0 Å². The number of esters is 1. The second-order valence-electron chi connectivity index (χ2n) is 5.63. The number of hydrogen-bond acceptors (Lipinski definition) is 7. The van der Waals surface area contributed by atoms with Gasteiger partial charge in [-0.2, -0.15) is 0 Å². The van der Waals surface area contributed by atoms with E-state index in [4.69, 9.17) is 9.15 Å². The Hall–Kier alpha value is -3.06. The number of fused-ring (bicyclic) bond motifs is 1. The second kappa shape index (κ2) is 6.68. The highest BCUT2D eigenvalue weighted by Crippen LogP contribution is 2.25. The van der Waals surface area contributed by atoms with Gasteiger partial charge in [0.15, 0.2) is 0 Å². The monoisotopic (exact) mass is 367 g/mol. The third-order valence-corrected chi connectivity index (χ3v) is 4.92. The Morgan fingerprint density at radius 3 is 2.85 bits per heavy atom. The first-order valence-electron chi connectivity index (χ1n) is 7.83. The van der Waals surface area contributed by atoms with E-state index in [0.29, 0.717) is 32.9 Å². The zero-order valence-corrected chi connectivity index (χ0v) is 14.2. The lowest BCUT2D eigenvalue weighted by Crippen LogP contribution is -2.16. The van der Waals surface area contributed by atoms with Crippen molar-refractivity contribution in [2.75, 3.05) is 5.75 Å². The molecule has 1 aromatic heterocycles. The predicted molar refractivity (Wildman–Crippen MR) is 98.8 cm³/mol. The van der Waals surface area contributed by atoms with Crippen LogP contribution < -0.4 is 5.43 Å². The molecule has 0 saturated heterocycles. The van der Waals surface area contributed by atoms with Crippen LogP contribution in [0.15, 0.2) is 69.0 Å². The van der Waals surface area contributed by atoms with Gasteiger partial charge in [0.1, 0.15) is 22.6 Å². The number of thioether (sulfide) groups is 1. The average Bonchev–Trinajstić information content (AvgIpc) is 3.10. The first-order chi connectivity index (χ1) is 12.6. The van der Waals surface area contributed by atoms with Crippen LogP contribution in [0.4, 0.5) is 0 Å². The maximum atomic E-state index is 12.6. The van der Waals surface area contributed by atoms with Crippen molar-refractivity contribution in [1.29, 1.82) is 0 Å². The van der Waals surface area contributed by atoms with Gasteiger partial charge in [0.05, 0.1) is 22.3 Å². The van der Waals surface area contributed by atoms with Crippen LogP contribution in [0, 0.1) is 0 Å². The summed E-state index contributed by atoms with van der Waals surface area (Å²) in [6, 6.07) is 13.0. The quantitative estimate of drug-likeness (QED) is 0.715. The molecule has 0 spiro atoms. The fraction of sp³-hybridized carbons (Fsp3) is 0.105. The minimum absolute atomic E-state index is 0.0221. The summed E-state index contributed by atoms with van der Waals surface area (Å²) in [5, 5.41) is 10.3. The van der Waals surface area contributed by atoms with E-state index in [1.165, 1.54) is 36.2 Å². The third kappa shape index (κ3) is 3.09. The van der Waals surface area contributed by atoms with Crippen molar-refractivity contribution in [2.24, 2.45) is 4.99 Å². The molecule has 7 heteroatoms. The van der Waals surface area contributed by atoms with Gasteiger partial charge in [-0.3, -0.25) is 4.79 Å². The summed E-state index contributed by atoms with van der Waals surface area (Å²) in [7, 11) is 0. The van der Waals surface area contributed by atoms with Crippen LogP contribution in [-0.4, -0.2) is 28.1 Å². The van der Waals surface area contributed by atoms with Crippen molar-refractivity contribution < 1.29 is 19.1 Å². The van der Waals surface area contributed by atoms with E-state index in [-0.39, 0.29) is 11.2 Å². The number of benzene rings is 2. The number of phenols is 1. The van der Waals surface area contributed by atoms with E-state index in [1.54, 1.807) is 24.3 Å². The van der Waals surface area contributed by atoms with E-state index in [0.717, 1.165) is 0 Å². The van der Waals surface area contributed by atoms with Gasteiger partial charge in [-0.05, 0) is 24.3 Å². The van der Waals surface area contributed by atoms with Crippen molar-refractivity contribution in [2.45, 2.75) is 6.23 Å². The van der Waals surface area contributed by atoms with E-state index < -0.39 is 12.2 Å². The molecule has 2 heterocycles. The first-order valence-corrected chi connectivity index (χ1v) is 8.82. The molecule has 6 nitrogen and oxygen atoms in total. The highest BCUT2D eigenvalue weighted by atomic mass is 32.2. The van der Waals surface area contributed by atoms with E-state index in [9.17, 15) is 14.7 Å². The van der Waals surface area contributed by atoms with Crippen molar-refractivity contribution in [3.8, 4) is 5.75 Å². The summed E-state index contributed by atoms with van der Waals surface area (Å²) in [4.78, 5) is 29.1. The topological polar surface area (TPSA) is 89.1 Å². The molecule has 0 bridgehead atoms. The number of ether oxygens (including phenoxy) is 1. The Morgan fingerprint density at radius 2 is 2.04 bits per heavy atom. The van der Waals surface area contributed by atoms with Crippen LogP contribution >= 0.6 is 11.8 Å². The Kier molecular flexibility index (Phi) is 4.22. The van der Waals surface area contributed by atoms with E-state index >= 15 is 0 Å². The normalized spacial score (nSPS) is 16.5. The number of carbonyl (C=O) groups excluding carboxylic acids is 1. The summed E-state index contributed by atoms with van der Waals surface area (Å²) in [5.41, 5.74) is 0.819. The van der Waals surface area contributed by atoms with Crippen LogP contribution in [0.2, 0.25) is 0 Å².